The van der Waals surface area contributed by atoms with Crippen LogP contribution in [0.1, 0.15) is 55.5 Å². The van der Waals surface area contributed by atoms with Crippen molar-refractivity contribution in [2.45, 2.75) is 52.3 Å². The van der Waals surface area contributed by atoms with Crippen LogP contribution < -0.4 is 14.2 Å². The molecule has 1 N–H and O–H groups in total. The van der Waals surface area contributed by atoms with Crippen molar-refractivity contribution < 1.29 is 28.9 Å². The maximum atomic E-state index is 13.5. The molecular formula is C31H32N2O6. The molecule has 0 saturated carbocycles. The Morgan fingerprint density at radius 2 is 1.95 bits per heavy atom. The van der Waals surface area contributed by atoms with Gasteiger partial charge in [0.25, 0.3) is 11.7 Å². The second-order valence-corrected chi connectivity index (χ2v) is 9.73. The van der Waals surface area contributed by atoms with Crippen LogP contribution in [-0.4, -0.2) is 46.0 Å². The normalized spacial score (nSPS) is 19.6. The molecule has 5 rings (SSSR count). The van der Waals surface area contributed by atoms with Crippen molar-refractivity contribution in [3.05, 3.63) is 88.8 Å². The highest BCUT2D eigenvalue weighted by Crippen LogP contribution is 2.43. The summed E-state index contributed by atoms with van der Waals surface area (Å²) in [7, 11) is 0. The van der Waals surface area contributed by atoms with E-state index in [4.69, 9.17) is 14.2 Å². The maximum Gasteiger partial charge on any atom is 0.295 e. The summed E-state index contributed by atoms with van der Waals surface area (Å²) in [4.78, 5) is 32.6. The summed E-state index contributed by atoms with van der Waals surface area (Å²) in [6, 6.07) is 13.5. The van der Waals surface area contributed by atoms with Crippen molar-refractivity contribution in [1.82, 2.24) is 9.88 Å². The first-order valence-electron chi connectivity index (χ1n) is 13.3. The number of pyridine rings is 1. The number of amides is 1. The van der Waals surface area contributed by atoms with E-state index in [1.165, 1.54) is 4.90 Å². The minimum Gasteiger partial charge on any atom is -0.507 e. The molecule has 0 unspecified atom stereocenters. The minimum absolute atomic E-state index is 0.0282. The molecule has 2 aromatic carbocycles. The van der Waals surface area contributed by atoms with Gasteiger partial charge in [-0.25, -0.2) is 0 Å². The number of aliphatic hydroxyl groups excluding tert-OH is 1. The molecule has 1 fully saturated rings. The summed E-state index contributed by atoms with van der Waals surface area (Å²) < 4.78 is 17.5. The number of hydrogen-bond donors (Lipinski definition) is 1. The fourth-order valence-electron chi connectivity index (χ4n) is 5.10. The predicted octanol–water partition coefficient (Wildman–Crippen LogP) is 5.21. The number of carbonyl (C=O) groups excluding carboxylic acids is 2. The Bertz CT molecular complexity index is 1420. The number of ether oxygens (including phenoxy) is 3. The highest BCUT2D eigenvalue weighted by Gasteiger charge is 2.46. The van der Waals surface area contributed by atoms with Crippen LogP contribution in [0.2, 0.25) is 0 Å². The van der Waals surface area contributed by atoms with Crippen molar-refractivity contribution in [2.75, 3.05) is 13.2 Å². The Kier molecular flexibility index (Phi) is 7.54. The number of ketones is 1. The van der Waals surface area contributed by atoms with Gasteiger partial charge in [0, 0.05) is 30.9 Å². The number of aromatic nitrogens is 1. The van der Waals surface area contributed by atoms with Crippen molar-refractivity contribution in [2.24, 2.45) is 0 Å². The molecule has 3 heterocycles. The Labute approximate surface area is 227 Å². The summed E-state index contributed by atoms with van der Waals surface area (Å²) >= 11 is 0. The highest BCUT2D eigenvalue weighted by molar-refractivity contribution is 6.46. The third kappa shape index (κ3) is 5.19. The van der Waals surface area contributed by atoms with E-state index < -0.39 is 17.7 Å². The van der Waals surface area contributed by atoms with E-state index in [2.05, 4.69) is 4.98 Å². The van der Waals surface area contributed by atoms with E-state index in [9.17, 15) is 14.7 Å². The number of aliphatic hydroxyl groups is 1. The lowest BCUT2D eigenvalue weighted by atomic mass is 9.94. The lowest BCUT2D eigenvalue weighted by Crippen LogP contribution is -2.29. The third-order valence-electron chi connectivity index (χ3n) is 6.83. The van der Waals surface area contributed by atoms with Gasteiger partial charge >= 0.3 is 0 Å². The van der Waals surface area contributed by atoms with Gasteiger partial charge in [0.05, 0.1) is 24.8 Å². The van der Waals surface area contributed by atoms with E-state index >= 15 is 0 Å². The molecule has 8 heteroatoms. The molecular weight excluding hydrogens is 496 g/mol. The van der Waals surface area contributed by atoms with E-state index in [0.717, 1.165) is 23.3 Å². The van der Waals surface area contributed by atoms with E-state index in [-0.39, 0.29) is 24.0 Å². The molecule has 3 aromatic rings. The number of fused-ring (bicyclic) bond motifs is 1. The summed E-state index contributed by atoms with van der Waals surface area (Å²) in [6.07, 6.45) is 4.88. The Morgan fingerprint density at radius 1 is 1.10 bits per heavy atom. The number of nitrogens with zero attached hydrogens (tertiary/aromatic N) is 2. The van der Waals surface area contributed by atoms with Crippen LogP contribution in [0.25, 0.3) is 5.76 Å². The van der Waals surface area contributed by atoms with Crippen LogP contribution in [0.4, 0.5) is 0 Å². The molecule has 2 aliphatic rings. The first-order valence-corrected chi connectivity index (χ1v) is 13.3. The lowest BCUT2D eigenvalue weighted by molar-refractivity contribution is -0.140. The molecule has 39 heavy (non-hydrogen) atoms. The molecule has 2 atom stereocenters. The van der Waals surface area contributed by atoms with Crippen molar-refractivity contribution in [3.8, 4) is 17.2 Å². The zero-order chi connectivity index (χ0) is 27.5. The minimum atomic E-state index is -0.840. The van der Waals surface area contributed by atoms with Crippen LogP contribution in [0.3, 0.4) is 0 Å². The van der Waals surface area contributed by atoms with Crippen LogP contribution in [0.5, 0.6) is 17.2 Å². The number of benzene rings is 2. The summed E-state index contributed by atoms with van der Waals surface area (Å²) in [5.74, 6) is 0.206. The molecule has 0 spiro atoms. The molecule has 202 valence electrons. The average molecular weight is 529 g/mol. The fraction of sp³-hybridized carbons (Fsp3) is 0.323. The van der Waals surface area contributed by atoms with Crippen molar-refractivity contribution in [3.63, 3.8) is 0 Å². The van der Waals surface area contributed by atoms with Gasteiger partial charge < -0.3 is 24.2 Å². The smallest absolute Gasteiger partial charge is 0.295 e. The Hall–Kier alpha value is -4.33. The van der Waals surface area contributed by atoms with E-state index in [0.29, 0.717) is 42.3 Å². The Morgan fingerprint density at radius 3 is 2.69 bits per heavy atom. The van der Waals surface area contributed by atoms with Crippen LogP contribution >= 0.6 is 0 Å². The van der Waals surface area contributed by atoms with Gasteiger partial charge in [-0.15, -0.1) is 0 Å². The van der Waals surface area contributed by atoms with Gasteiger partial charge in [0.15, 0.2) is 11.5 Å². The van der Waals surface area contributed by atoms with Crippen molar-refractivity contribution in [1.29, 1.82) is 0 Å². The summed E-state index contributed by atoms with van der Waals surface area (Å²) in [6.45, 7) is 6.97. The first-order chi connectivity index (χ1) is 18.9. The van der Waals surface area contributed by atoms with Crippen LogP contribution in [0.15, 0.2) is 66.5 Å². The van der Waals surface area contributed by atoms with Crippen LogP contribution in [0, 0.1) is 0 Å². The molecule has 1 amide bonds. The number of likely N-dealkylation sites (tertiary alicyclic amines) is 1. The molecule has 8 nitrogen and oxygen atoms in total. The van der Waals surface area contributed by atoms with Crippen LogP contribution in [-0.2, 0) is 22.6 Å². The first kappa shape index (κ1) is 26.3. The molecule has 0 aliphatic carbocycles. The van der Waals surface area contributed by atoms with Gasteiger partial charge in [-0.05, 0) is 73.4 Å². The predicted molar refractivity (Wildman–Crippen MR) is 146 cm³/mol. The number of carbonyl (C=O) groups is 2. The average Bonchev–Trinajstić information content (AvgIpc) is 3.43. The maximum absolute atomic E-state index is 13.5. The zero-order valence-corrected chi connectivity index (χ0v) is 22.3. The van der Waals surface area contributed by atoms with E-state index in [1.807, 2.05) is 39.0 Å². The third-order valence-corrected chi connectivity index (χ3v) is 6.83. The van der Waals surface area contributed by atoms with E-state index in [1.54, 1.807) is 42.7 Å². The quantitative estimate of drug-likeness (QED) is 0.231. The summed E-state index contributed by atoms with van der Waals surface area (Å²) in [5, 5.41) is 11.5. The second kappa shape index (κ2) is 11.2. The van der Waals surface area contributed by atoms with Gasteiger partial charge in [-0.3, -0.25) is 14.6 Å². The second-order valence-electron chi connectivity index (χ2n) is 9.73. The van der Waals surface area contributed by atoms with Gasteiger partial charge in [-0.1, -0.05) is 19.1 Å². The summed E-state index contributed by atoms with van der Waals surface area (Å²) in [5.41, 5.74) is 2.83. The number of hydrogen-bond acceptors (Lipinski definition) is 7. The molecule has 1 saturated heterocycles. The number of rotatable bonds is 9. The topological polar surface area (TPSA) is 98.2 Å². The highest BCUT2D eigenvalue weighted by atomic mass is 16.5. The standard InChI is InChI=1S/C31H32N2O6/c1-4-13-38-25-11-8-21(16-26(25)37-5-2)28-27(29(34)22-9-10-24-23(15-22)14-19(3)39-24)30(35)31(36)33(28)18-20-7-6-12-32-17-20/h6-12,15-17,19,28,34H,4-5,13-14,18H2,1-3H3/t19-,28+/m1/s1. The Balaban J connectivity index is 1.63. The monoisotopic (exact) mass is 528 g/mol. The molecule has 0 bridgehead atoms. The van der Waals surface area contributed by atoms with Gasteiger partial charge in [0.2, 0.25) is 0 Å². The van der Waals surface area contributed by atoms with Crippen molar-refractivity contribution >= 4 is 17.4 Å². The SMILES string of the molecule is CCCOc1ccc([C@H]2C(=C(O)c3ccc4c(c3)C[C@@H](C)O4)C(=O)C(=O)N2Cc2cccnc2)cc1OCC. The van der Waals surface area contributed by atoms with Gasteiger partial charge in [0.1, 0.15) is 17.6 Å². The lowest BCUT2D eigenvalue weighted by Gasteiger charge is -2.26. The largest absolute Gasteiger partial charge is 0.507 e. The molecule has 1 aromatic heterocycles. The molecule has 2 aliphatic heterocycles. The zero-order valence-electron chi connectivity index (χ0n) is 22.3. The molecule has 0 radical (unpaired) electrons. The fourth-order valence-corrected chi connectivity index (χ4v) is 5.10. The van der Waals surface area contributed by atoms with Gasteiger partial charge in [-0.2, -0.15) is 0 Å². The number of Topliss-reactive ketones (excluding diaryl/α,β-unsaturated/α-hetero) is 1.